The minimum atomic E-state index is 0. The molecule has 1 aliphatic rings. The second-order valence-electron chi connectivity index (χ2n) is 6.04. The van der Waals surface area contributed by atoms with E-state index >= 15 is 0 Å². The summed E-state index contributed by atoms with van der Waals surface area (Å²) in [6, 6.07) is 5.93. The molecule has 1 aliphatic heterocycles. The smallest absolute Gasteiger partial charge is 0.191 e. The van der Waals surface area contributed by atoms with Crippen LogP contribution in [0.15, 0.2) is 23.2 Å². The first-order valence-electron chi connectivity index (χ1n) is 8.57. The number of nitrogens with one attached hydrogen (secondary N) is 2. The van der Waals surface area contributed by atoms with Crippen molar-refractivity contribution in [3.63, 3.8) is 0 Å². The monoisotopic (exact) mass is 462 g/mol. The number of hydrogen-bond acceptors (Lipinski definition) is 4. The highest BCUT2D eigenvalue weighted by atomic mass is 127. The van der Waals surface area contributed by atoms with Gasteiger partial charge < -0.3 is 25.0 Å². The fraction of sp³-hybridized carbons (Fsp3) is 0.611. The Hall–Kier alpha value is -1.22. The quantitative estimate of drug-likeness (QED) is 0.370. The van der Waals surface area contributed by atoms with Gasteiger partial charge in [-0.1, -0.05) is 13.0 Å². The Morgan fingerprint density at radius 3 is 2.60 bits per heavy atom. The molecule has 2 N–H and O–H groups in total. The van der Waals surface area contributed by atoms with E-state index in [2.05, 4.69) is 27.4 Å². The van der Waals surface area contributed by atoms with Crippen LogP contribution in [0.1, 0.15) is 18.9 Å². The SMILES string of the molecule is CCN1CCC(CNC(=NC)NCc2ccc(OC)c(OC)c2)C1.I. The number of guanidine groups is 1. The lowest BCUT2D eigenvalue weighted by molar-refractivity contribution is 0.342. The molecule has 0 spiro atoms. The highest BCUT2D eigenvalue weighted by molar-refractivity contribution is 14.0. The summed E-state index contributed by atoms with van der Waals surface area (Å²) >= 11 is 0. The third-order valence-corrected chi connectivity index (χ3v) is 4.51. The molecule has 25 heavy (non-hydrogen) atoms. The van der Waals surface area contributed by atoms with Crippen LogP contribution in [-0.2, 0) is 6.54 Å². The van der Waals surface area contributed by atoms with Crippen molar-refractivity contribution in [2.45, 2.75) is 19.9 Å². The van der Waals surface area contributed by atoms with Crippen LogP contribution in [0.2, 0.25) is 0 Å². The van der Waals surface area contributed by atoms with E-state index in [1.807, 2.05) is 18.2 Å². The molecule has 1 aromatic rings. The Labute approximate surface area is 168 Å². The molecule has 0 aromatic heterocycles. The normalized spacial score (nSPS) is 17.8. The summed E-state index contributed by atoms with van der Waals surface area (Å²) < 4.78 is 10.6. The third kappa shape index (κ3) is 6.54. The van der Waals surface area contributed by atoms with Gasteiger partial charge in [-0.05, 0) is 43.1 Å². The van der Waals surface area contributed by atoms with E-state index < -0.39 is 0 Å². The maximum Gasteiger partial charge on any atom is 0.191 e. The fourth-order valence-electron chi connectivity index (χ4n) is 3.00. The van der Waals surface area contributed by atoms with Gasteiger partial charge >= 0.3 is 0 Å². The Morgan fingerprint density at radius 2 is 2.00 bits per heavy atom. The van der Waals surface area contributed by atoms with Crippen molar-refractivity contribution in [2.75, 3.05) is 47.4 Å². The van der Waals surface area contributed by atoms with E-state index in [1.54, 1.807) is 21.3 Å². The number of methoxy groups -OCH3 is 2. The van der Waals surface area contributed by atoms with Crippen molar-refractivity contribution in [3.05, 3.63) is 23.8 Å². The molecule has 0 amide bonds. The summed E-state index contributed by atoms with van der Waals surface area (Å²) in [5, 5.41) is 6.79. The molecular weight excluding hydrogens is 431 g/mol. The van der Waals surface area contributed by atoms with Gasteiger partial charge in [0.05, 0.1) is 14.2 Å². The van der Waals surface area contributed by atoms with E-state index in [0.717, 1.165) is 36.1 Å². The number of benzene rings is 1. The molecule has 6 nitrogen and oxygen atoms in total. The zero-order chi connectivity index (χ0) is 17.4. The largest absolute Gasteiger partial charge is 0.493 e. The second-order valence-corrected chi connectivity index (χ2v) is 6.04. The summed E-state index contributed by atoms with van der Waals surface area (Å²) in [4.78, 5) is 6.80. The molecule has 2 rings (SSSR count). The van der Waals surface area contributed by atoms with Gasteiger partial charge in [-0.25, -0.2) is 0 Å². The van der Waals surface area contributed by atoms with Gasteiger partial charge in [-0.3, -0.25) is 4.99 Å². The topological polar surface area (TPSA) is 58.1 Å². The highest BCUT2D eigenvalue weighted by Crippen LogP contribution is 2.27. The molecule has 0 aliphatic carbocycles. The van der Waals surface area contributed by atoms with Crippen molar-refractivity contribution in [2.24, 2.45) is 10.9 Å². The van der Waals surface area contributed by atoms with E-state index in [9.17, 15) is 0 Å². The van der Waals surface area contributed by atoms with Crippen LogP contribution >= 0.6 is 24.0 Å². The number of rotatable bonds is 7. The van der Waals surface area contributed by atoms with Gasteiger partial charge in [0.2, 0.25) is 0 Å². The number of halogens is 1. The molecular formula is C18H31IN4O2. The van der Waals surface area contributed by atoms with Crippen LogP contribution in [0, 0.1) is 5.92 Å². The highest BCUT2D eigenvalue weighted by Gasteiger charge is 2.20. The molecule has 7 heteroatoms. The molecule has 1 saturated heterocycles. The van der Waals surface area contributed by atoms with Crippen molar-refractivity contribution < 1.29 is 9.47 Å². The molecule has 1 aromatic carbocycles. The first-order chi connectivity index (χ1) is 11.7. The summed E-state index contributed by atoms with van der Waals surface area (Å²) in [6.07, 6.45) is 1.26. The number of aliphatic imine (C=N–C) groups is 1. The van der Waals surface area contributed by atoms with E-state index in [-0.39, 0.29) is 24.0 Å². The number of likely N-dealkylation sites (tertiary alicyclic amines) is 1. The standard InChI is InChI=1S/C18H30N4O2.HI/c1-5-22-9-8-15(13-22)12-21-18(19-2)20-11-14-6-7-16(23-3)17(10-14)24-4;/h6-7,10,15H,5,8-9,11-13H2,1-4H3,(H2,19,20,21);1H. The van der Waals surface area contributed by atoms with Crippen molar-refractivity contribution in [3.8, 4) is 11.5 Å². The minimum absolute atomic E-state index is 0. The molecule has 0 radical (unpaired) electrons. The van der Waals surface area contributed by atoms with Crippen LogP contribution in [0.25, 0.3) is 0 Å². The molecule has 1 heterocycles. The molecule has 1 fully saturated rings. The molecule has 1 unspecified atom stereocenters. The van der Waals surface area contributed by atoms with E-state index in [4.69, 9.17) is 9.47 Å². The minimum Gasteiger partial charge on any atom is -0.493 e. The lowest BCUT2D eigenvalue weighted by Gasteiger charge is -2.16. The van der Waals surface area contributed by atoms with Gasteiger partial charge in [0.15, 0.2) is 17.5 Å². The lowest BCUT2D eigenvalue weighted by atomic mass is 10.1. The zero-order valence-corrected chi connectivity index (χ0v) is 18.0. The number of nitrogens with zero attached hydrogens (tertiary/aromatic N) is 2. The number of hydrogen-bond donors (Lipinski definition) is 2. The fourth-order valence-corrected chi connectivity index (χ4v) is 3.00. The predicted octanol–water partition coefficient (Wildman–Crippen LogP) is 2.33. The Balaban J connectivity index is 0.00000312. The van der Waals surface area contributed by atoms with E-state index in [1.165, 1.54) is 19.5 Å². The lowest BCUT2D eigenvalue weighted by Crippen LogP contribution is -2.39. The number of ether oxygens (including phenoxy) is 2. The third-order valence-electron chi connectivity index (χ3n) is 4.51. The van der Waals surface area contributed by atoms with Gasteiger partial charge in [-0.2, -0.15) is 0 Å². The van der Waals surface area contributed by atoms with Crippen molar-refractivity contribution >= 4 is 29.9 Å². The van der Waals surface area contributed by atoms with Crippen molar-refractivity contribution in [1.82, 2.24) is 15.5 Å². The molecule has 0 bridgehead atoms. The van der Waals surface area contributed by atoms with Crippen LogP contribution in [0.5, 0.6) is 11.5 Å². The van der Waals surface area contributed by atoms with Crippen LogP contribution < -0.4 is 20.1 Å². The van der Waals surface area contributed by atoms with Crippen LogP contribution in [0.4, 0.5) is 0 Å². The summed E-state index contributed by atoms with van der Waals surface area (Å²) in [5.41, 5.74) is 1.12. The molecule has 142 valence electrons. The maximum atomic E-state index is 5.34. The maximum absolute atomic E-state index is 5.34. The van der Waals surface area contributed by atoms with Gasteiger partial charge in [0.25, 0.3) is 0 Å². The summed E-state index contributed by atoms with van der Waals surface area (Å²) in [5.74, 6) is 3.01. The first-order valence-corrected chi connectivity index (χ1v) is 8.57. The second kappa shape index (κ2) is 11.4. The summed E-state index contributed by atoms with van der Waals surface area (Å²) in [7, 11) is 5.10. The first kappa shape index (κ1) is 21.8. The Kier molecular flexibility index (Phi) is 9.96. The summed E-state index contributed by atoms with van der Waals surface area (Å²) in [6.45, 7) is 7.40. The Bertz CT molecular complexity index is 554. The van der Waals surface area contributed by atoms with Gasteiger partial charge in [0, 0.05) is 26.7 Å². The van der Waals surface area contributed by atoms with Gasteiger partial charge in [0.1, 0.15) is 0 Å². The zero-order valence-electron chi connectivity index (χ0n) is 15.7. The molecule has 0 saturated carbocycles. The van der Waals surface area contributed by atoms with Crippen molar-refractivity contribution in [1.29, 1.82) is 0 Å². The van der Waals surface area contributed by atoms with Gasteiger partial charge in [-0.15, -0.1) is 24.0 Å². The average Bonchev–Trinajstić information content (AvgIpc) is 3.09. The van der Waals surface area contributed by atoms with E-state index in [0.29, 0.717) is 12.5 Å². The predicted molar refractivity (Wildman–Crippen MR) is 113 cm³/mol. The Morgan fingerprint density at radius 1 is 1.24 bits per heavy atom. The van der Waals surface area contributed by atoms with Crippen LogP contribution in [-0.4, -0.2) is 58.3 Å². The van der Waals surface area contributed by atoms with Crippen LogP contribution in [0.3, 0.4) is 0 Å². The average molecular weight is 462 g/mol. The molecule has 1 atom stereocenters.